The third kappa shape index (κ3) is 7.60. The standard InChI is InChI=1S/C27H30N4O4/c1-18(2)20-9-11-22(12-10-20)30-25(32)16-31(23-7-4-6-21(14-23)27(28)29)15-19-5-3-8-24(13-19)35-17-26(33)34/h3-14,18H,15-17H2,1-2H3,(H3,28,29)(H,30,32)(H,33,34). The number of hydrogen-bond acceptors (Lipinski definition) is 5. The first-order valence-corrected chi connectivity index (χ1v) is 11.2. The zero-order valence-electron chi connectivity index (χ0n) is 19.8. The van der Waals surface area contributed by atoms with Gasteiger partial charge < -0.3 is 25.8 Å². The Balaban J connectivity index is 1.81. The average Bonchev–Trinajstić information content (AvgIpc) is 2.83. The summed E-state index contributed by atoms with van der Waals surface area (Å²) in [6.45, 7) is 4.19. The van der Waals surface area contributed by atoms with Crippen LogP contribution in [0, 0.1) is 5.41 Å². The minimum absolute atomic E-state index is 0.0491. The van der Waals surface area contributed by atoms with Gasteiger partial charge in [0.2, 0.25) is 5.91 Å². The molecular formula is C27H30N4O4. The van der Waals surface area contributed by atoms with Crippen LogP contribution >= 0.6 is 0 Å². The number of nitrogen functional groups attached to an aromatic ring is 1. The van der Waals surface area contributed by atoms with Gasteiger partial charge in [0, 0.05) is 23.5 Å². The number of anilines is 2. The zero-order valence-corrected chi connectivity index (χ0v) is 19.8. The number of ether oxygens (including phenoxy) is 1. The number of carbonyl (C=O) groups is 2. The molecule has 3 aromatic rings. The van der Waals surface area contributed by atoms with Crippen molar-refractivity contribution >= 4 is 29.1 Å². The van der Waals surface area contributed by atoms with E-state index in [1.807, 2.05) is 41.3 Å². The molecule has 5 N–H and O–H groups in total. The largest absolute Gasteiger partial charge is 0.482 e. The molecule has 3 aromatic carbocycles. The number of aliphatic carboxylic acids is 1. The van der Waals surface area contributed by atoms with Crippen LogP contribution in [0.1, 0.15) is 36.5 Å². The Bertz CT molecular complexity index is 1190. The van der Waals surface area contributed by atoms with Gasteiger partial charge in [-0.15, -0.1) is 0 Å². The number of carbonyl (C=O) groups excluding carboxylic acids is 1. The molecule has 0 radical (unpaired) electrons. The Morgan fingerprint density at radius 1 is 1.06 bits per heavy atom. The Kier molecular flexibility index (Phi) is 8.45. The number of nitrogens with one attached hydrogen (secondary N) is 2. The molecule has 0 heterocycles. The molecule has 8 nitrogen and oxygen atoms in total. The molecule has 8 heteroatoms. The maximum absolute atomic E-state index is 13.0. The van der Waals surface area contributed by atoms with Crippen molar-refractivity contribution in [2.24, 2.45) is 5.73 Å². The zero-order chi connectivity index (χ0) is 25.4. The van der Waals surface area contributed by atoms with Gasteiger partial charge in [-0.25, -0.2) is 4.79 Å². The number of carboxylic acid groups (broad SMARTS) is 1. The summed E-state index contributed by atoms with van der Waals surface area (Å²) in [5.74, 6) is -0.494. The minimum atomic E-state index is -1.06. The van der Waals surface area contributed by atoms with Crippen molar-refractivity contribution in [2.45, 2.75) is 26.3 Å². The number of carboxylic acids is 1. The van der Waals surface area contributed by atoms with Crippen LogP contribution in [-0.4, -0.2) is 36.0 Å². The normalized spacial score (nSPS) is 10.6. The first kappa shape index (κ1) is 25.3. The third-order valence-electron chi connectivity index (χ3n) is 5.35. The van der Waals surface area contributed by atoms with Crippen LogP contribution in [0.5, 0.6) is 5.75 Å². The van der Waals surface area contributed by atoms with Crippen LogP contribution in [0.25, 0.3) is 0 Å². The number of benzene rings is 3. The summed E-state index contributed by atoms with van der Waals surface area (Å²) in [6.07, 6.45) is 0. The third-order valence-corrected chi connectivity index (χ3v) is 5.35. The predicted molar refractivity (Wildman–Crippen MR) is 137 cm³/mol. The number of hydrogen-bond donors (Lipinski definition) is 4. The van der Waals surface area contributed by atoms with Gasteiger partial charge in [-0.1, -0.05) is 50.2 Å². The summed E-state index contributed by atoms with van der Waals surface area (Å²) in [6, 6.07) is 22.0. The van der Waals surface area contributed by atoms with Crippen molar-refractivity contribution in [2.75, 3.05) is 23.4 Å². The Labute approximate surface area is 204 Å². The molecule has 1 amide bonds. The van der Waals surface area contributed by atoms with Crippen molar-refractivity contribution < 1.29 is 19.4 Å². The molecule has 0 fully saturated rings. The molecule has 0 unspecified atom stereocenters. The van der Waals surface area contributed by atoms with E-state index in [2.05, 4.69) is 19.2 Å². The number of amides is 1. The lowest BCUT2D eigenvalue weighted by molar-refractivity contribution is -0.139. The summed E-state index contributed by atoms with van der Waals surface area (Å²) in [4.78, 5) is 25.6. The molecule has 0 aliphatic heterocycles. The van der Waals surface area contributed by atoms with E-state index in [0.29, 0.717) is 29.5 Å². The quantitative estimate of drug-likeness (QED) is 0.243. The highest BCUT2D eigenvalue weighted by Crippen LogP contribution is 2.22. The number of nitrogens with zero attached hydrogens (tertiary/aromatic N) is 1. The van der Waals surface area contributed by atoms with Gasteiger partial charge in [-0.2, -0.15) is 0 Å². The van der Waals surface area contributed by atoms with Gasteiger partial charge >= 0.3 is 5.97 Å². The molecule has 182 valence electrons. The molecule has 0 aromatic heterocycles. The van der Waals surface area contributed by atoms with Gasteiger partial charge in [0.15, 0.2) is 6.61 Å². The molecule has 0 saturated heterocycles. The summed E-state index contributed by atoms with van der Waals surface area (Å²) >= 11 is 0. The molecule has 0 aliphatic carbocycles. The molecule has 0 atom stereocenters. The number of nitrogens with two attached hydrogens (primary N) is 1. The van der Waals surface area contributed by atoms with Crippen LogP contribution in [0.15, 0.2) is 72.8 Å². The topological polar surface area (TPSA) is 129 Å². The highest BCUT2D eigenvalue weighted by atomic mass is 16.5. The van der Waals surface area contributed by atoms with Crippen LogP contribution < -0.4 is 20.7 Å². The molecule has 0 saturated carbocycles. The molecule has 0 spiro atoms. The summed E-state index contributed by atoms with van der Waals surface area (Å²) in [5, 5.41) is 19.6. The molecule has 0 aliphatic rings. The fraction of sp³-hybridized carbons (Fsp3) is 0.222. The van der Waals surface area contributed by atoms with E-state index < -0.39 is 12.6 Å². The highest BCUT2D eigenvalue weighted by molar-refractivity contribution is 5.97. The van der Waals surface area contributed by atoms with Crippen molar-refractivity contribution in [3.05, 3.63) is 89.5 Å². The van der Waals surface area contributed by atoms with Crippen molar-refractivity contribution in [3.8, 4) is 5.75 Å². The highest BCUT2D eigenvalue weighted by Gasteiger charge is 2.15. The number of amidine groups is 1. The van der Waals surface area contributed by atoms with Crippen LogP contribution in [0.4, 0.5) is 11.4 Å². The van der Waals surface area contributed by atoms with Crippen LogP contribution in [-0.2, 0) is 16.1 Å². The Hall–Kier alpha value is -4.33. The van der Waals surface area contributed by atoms with E-state index in [1.54, 1.807) is 36.4 Å². The van der Waals surface area contributed by atoms with Gasteiger partial charge in [0.1, 0.15) is 11.6 Å². The van der Waals surface area contributed by atoms with E-state index >= 15 is 0 Å². The lowest BCUT2D eigenvalue weighted by Crippen LogP contribution is -2.33. The van der Waals surface area contributed by atoms with E-state index in [1.165, 1.54) is 5.56 Å². The fourth-order valence-corrected chi connectivity index (χ4v) is 3.53. The minimum Gasteiger partial charge on any atom is -0.482 e. The lowest BCUT2D eigenvalue weighted by atomic mass is 10.0. The SMILES string of the molecule is CC(C)c1ccc(NC(=O)CN(Cc2cccc(OCC(=O)O)c2)c2cccc(C(=N)N)c2)cc1. The van der Waals surface area contributed by atoms with Crippen LogP contribution in [0.2, 0.25) is 0 Å². The number of rotatable bonds is 11. The van der Waals surface area contributed by atoms with Crippen molar-refractivity contribution in [1.29, 1.82) is 5.41 Å². The van der Waals surface area contributed by atoms with Gasteiger partial charge in [-0.3, -0.25) is 10.2 Å². The second-order valence-electron chi connectivity index (χ2n) is 8.47. The predicted octanol–water partition coefficient (Wildman–Crippen LogP) is 4.20. The van der Waals surface area contributed by atoms with E-state index in [-0.39, 0.29) is 18.3 Å². The average molecular weight is 475 g/mol. The van der Waals surface area contributed by atoms with Gasteiger partial charge in [-0.05, 0) is 53.4 Å². The fourth-order valence-electron chi connectivity index (χ4n) is 3.53. The Morgan fingerprint density at radius 3 is 2.43 bits per heavy atom. The molecule has 0 bridgehead atoms. The maximum Gasteiger partial charge on any atom is 0.341 e. The van der Waals surface area contributed by atoms with Crippen LogP contribution in [0.3, 0.4) is 0 Å². The molecule has 3 rings (SSSR count). The lowest BCUT2D eigenvalue weighted by Gasteiger charge is -2.25. The van der Waals surface area contributed by atoms with Crippen molar-refractivity contribution in [3.63, 3.8) is 0 Å². The first-order valence-electron chi connectivity index (χ1n) is 11.2. The summed E-state index contributed by atoms with van der Waals surface area (Å²) in [7, 11) is 0. The summed E-state index contributed by atoms with van der Waals surface area (Å²) in [5.41, 5.74) is 9.67. The van der Waals surface area contributed by atoms with Gasteiger partial charge in [0.25, 0.3) is 0 Å². The monoisotopic (exact) mass is 474 g/mol. The molecular weight excluding hydrogens is 444 g/mol. The second-order valence-corrected chi connectivity index (χ2v) is 8.47. The summed E-state index contributed by atoms with van der Waals surface area (Å²) < 4.78 is 5.29. The van der Waals surface area contributed by atoms with Crippen molar-refractivity contribution in [1.82, 2.24) is 0 Å². The first-order chi connectivity index (χ1) is 16.7. The van der Waals surface area contributed by atoms with E-state index in [4.69, 9.17) is 21.0 Å². The smallest absolute Gasteiger partial charge is 0.341 e. The van der Waals surface area contributed by atoms with E-state index in [9.17, 15) is 9.59 Å². The Morgan fingerprint density at radius 2 is 1.77 bits per heavy atom. The maximum atomic E-state index is 13.0. The van der Waals surface area contributed by atoms with E-state index in [0.717, 1.165) is 11.3 Å². The van der Waals surface area contributed by atoms with Gasteiger partial charge in [0.05, 0.1) is 6.54 Å². The second kappa shape index (κ2) is 11.7. The molecule has 35 heavy (non-hydrogen) atoms.